The molecule has 1 aliphatic heterocycles. The molecular formula is C53H35N3OS. The highest BCUT2D eigenvalue weighted by molar-refractivity contribution is 7.99. The van der Waals surface area contributed by atoms with Gasteiger partial charge in [0.05, 0.1) is 5.57 Å². The van der Waals surface area contributed by atoms with Crippen molar-refractivity contribution in [1.82, 2.24) is 15.0 Å². The molecule has 274 valence electrons. The third-order valence-electron chi connectivity index (χ3n) is 10.5. The summed E-state index contributed by atoms with van der Waals surface area (Å²) in [6, 6.07) is 48.8. The molecule has 0 unspecified atom stereocenters. The standard InChI is InChI=1S/C53H35N3OS/c1-3-14-44(49-34(2)33-58-48-30-29-39(32-45(48)49)37-27-25-36(26-28-37)35-15-6-4-7-16-35)53-55-51(38-17-8-5-9-18-38)54-52(56-53)41-20-12-19-40(31-41)42-22-13-24-47-50(42)43-21-10-11-23-46(43)57-47/h3-8,10-17,19-32H,2,33H2,1H3/b14-3-,49-44-. The van der Waals surface area contributed by atoms with E-state index in [0.717, 1.165) is 83.4 Å². The number of furan rings is 1. The lowest BCUT2D eigenvalue weighted by atomic mass is 9.90. The molecule has 2 aromatic heterocycles. The summed E-state index contributed by atoms with van der Waals surface area (Å²) >= 11 is 1.81. The van der Waals surface area contributed by atoms with E-state index in [0.29, 0.717) is 17.5 Å². The highest BCUT2D eigenvalue weighted by Crippen LogP contribution is 2.45. The minimum atomic E-state index is 0.524. The highest BCUT2D eigenvalue weighted by atomic mass is 32.2. The number of fused-ring (bicyclic) bond motifs is 4. The highest BCUT2D eigenvalue weighted by Gasteiger charge is 2.25. The molecule has 8 aromatic rings. The van der Waals surface area contributed by atoms with Crippen LogP contribution >= 0.6 is 11.8 Å². The van der Waals surface area contributed by atoms with E-state index in [1.54, 1.807) is 0 Å². The fraction of sp³-hybridized carbons (Fsp3) is 0.0377. The largest absolute Gasteiger partial charge is 0.456 e. The van der Waals surface area contributed by atoms with Gasteiger partial charge in [0, 0.05) is 32.6 Å². The lowest BCUT2D eigenvalue weighted by Gasteiger charge is -2.24. The van der Waals surface area contributed by atoms with Gasteiger partial charge in [-0.05, 0) is 99.5 Å². The quantitative estimate of drug-likeness (QED) is 0.151. The Hall–Kier alpha value is -7.26. The van der Waals surface area contributed by atoms with Gasteiger partial charge in [-0.3, -0.25) is 0 Å². The van der Waals surface area contributed by atoms with Gasteiger partial charge in [-0.25, -0.2) is 15.0 Å². The maximum atomic E-state index is 6.24. The van der Waals surface area contributed by atoms with E-state index in [4.69, 9.17) is 19.4 Å². The van der Waals surface area contributed by atoms with Crippen molar-refractivity contribution in [3.8, 4) is 44.8 Å². The Kier molecular flexibility index (Phi) is 9.10. The molecule has 58 heavy (non-hydrogen) atoms. The van der Waals surface area contributed by atoms with Crippen molar-refractivity contribution in [2.45, 2.75) is 11.8 Å². The van der Waals surface area contributed by atoms with Crippen molar-refractivity contribution >= 4 is 50.4 Å². The summed E-state index contributed by atoms with van der Waals surface area (Å²) < 4.78 is 6.24. The lowest BCUT2D eigenvalue weighted by molar-refractivity contribution is 0.669. The van der Waals surface area contributed by atoms with E-state index < -0.39 is 0 Å². The second-order valence-corrected chi connectivity index (χ2v) is 15.2. The van der Waals surface area contributed by atoms with Gasteiger partial charge >= 0.3 is 0 Å². The van der Waals surface area contributed by atoms with E-state index in [9.17, 15) is 0 Å². The molecule has 0 saturated heterocycles. The van der Waals surface area contributed by atoms with Crippen molar-refractivity contribution in [3.63, 3.8) is 0 Å². The number of benzene rings is 6. The number of rotatable bonds is 7. The Morgan fingerprint density at radius 1 is 0.672 bits per heavy atom. The summed E-state index contributed by atoms with van der Waals surface area (Å²) in [4.78, 5) is 16.7. The van der Waals surface area contributed by atoms with Crippen LogP contribution in [0, 0.1) is 0 Å². The molecule has 0 N–H and O–H groups in total. The minimum Gasteiger partial charge on any atom is -0.456 e. The van der Waals surface area contributed by atoms with Gasteiger partial charge in [0.1, 0.15) is 11.2 Å². The number of aromatic nitrogens is 3. The van der Waals surface area contributed by atoms with Gasteiger partial charge in [0.15, 0.2) is 17.5 Å². The zero-order chi connectivity index (χ0) is 39.0. The molecule has 0 saturated carbocycles. The number of thioether (sulfide) groups is 1. The fourth-order valence-electron chi connectivity index (χ4n) is 7.79. The van der Waals surface area contributed by atoms with Gasteiger partial charge in [0.25, 0.3) is 0 Å². The topological polar surface area (TPSA) is 51.8 Å². The predicted molar refractivity (Wildman–Crippen MR) is 241 cm³/mol. The molecule has 0 bridgehead atoms. The van der Waals surface area contributed by atoms with Gasteiger partial charge in [-0.1, -0.05) is 145 Å². The Balaban J connectivity index is 1.13. The fourth-order valence-corrected chi connectivity index (χ4v) is 8.74. The molecule has 5 heteroatoms. The first-order valence-electron chi connectivity index (χ1n) is 19.3. The molecule has 0 radical (unpaired) electrons. The SMILES string of the molecule is C=C1CSc2ccc(-c3ccc(-c4ccccc4)cc3)cc2/C1=C(/C=C\C)c1nc(C2=C=C=CC=C2)nc(-c2cccc(-c3cccc4oc5ccccc5c34)c2)n1. The molecule has 0 amide bonds. The zero-order valence-electron chi connectivity index (χ0n) is 31.7. The van der Waals surface area contributed by atoms with E-state index in [2.05, 4.69) is 133 Å². The van der Waals surface area contributed by atoms with Crippen LogP contribution < -0.4 is 0 Å². The lowest BCUT2D eigenvalue weighted by Crippen LogP contribution is -2.08. The maximum absolute atomic E-state index is 6.24. The zero-order valence-corrected chi connectivity index (χ0v) is 32.6. The van der Waals surface area contributed by atoms with E-state index in [-0.39, 0.29) is 0 Å². The first-order chi connectivity index (χ1) is 28.6. The van der Waals surface area contributed by atoms with E-state index in [1.807, 2.05) is 73.3 Å². The average molecular weight is 762 g/mol. The second-order valence-electron chi connectivity index (χ2n) is 14.2. The summed E-state index contributed by atoms with van der Waals surface area (Å²) in [5.74, 6) is 2.41. The smallest absolute Gasteiger partial charge is 0.172 e. The van der Waals surface area contributed by atoms with Crippen molar-refractivity contribution in [1.29, 1.82) is 0 Å². The van der Waals surface area contributed by atoms with Gasteiger partial charge < -0.3 is 4.42 Å². The minimum absolute atomic E-state index is 0.524. The Bertz CT molecular complexity index is 3150. The molecule has 4 nitrogen and oxygen atoms in total. The molecule has 3 heterocycles. The molecule has 1 aliphatic carbocycles. The normalized spacial score (nSPS) is 14.4. The molecule has 6 aromatic carbocycles. The number of hydrogen-bond donors (Lipinski definition) is 0. The van der Waals surface area contributed by atoms with Crippen LogP contribution in [0.3, 0.4) is 0 Å². The monoisotopic (exact) mass is 761 g/mol. The van der Waals surface area contributed by atoms with E-state index in [1.165, 1.54) is 16.0 Å². The van der Waals surface area contributed by atoms with Gasteiger partial charge in [-0.15, -0.1) is 11.8 Å². The molecule has 2 aliphatic rings. The van der Waals surface area contributed by atoms with Crippen LogP contribution in [0.25, 0.3) is 83.4 Å². The summed E-state index contributed by atoms with van der Waals surface area (Å²) in [6.07, 6.45) is 9.87. The van der Waals surface area contributed by atoms with E-state index >= 15 is 0 Å². The number of nitrogens with zero attached hydrogens (tertiary/aromatic N) is 3. The van der Waals surface area contributed by atoms with Gasteiger partial charge in [0.2, 0.25) is 0 Å². The van der Waals surface area contributed by atoms with Crippen molar-refractivity contribution < 1.29 is 4.42 Å². The van der Waals surface area contributed by atoms with Crippen molar-refractivity contribution in [2.75, 3.05) is 5.75 Å². The van der Waals surface area contributed by atoms with Crippen LogP contribution in [0.15, 0.2) is 203 Å². The van der Waals surface area contributed by atoms with Crippen LogP contribution in [0.2, 0.25) is 0 Å². The van der Waals surface area contributed by atoms with Crippen LogP contribution in [-0.2, 0) is 0 Å². The van der Waals surface area contributed by atoms with Crippen LogP contribution in [0.5, 0.6) is 0 Å². The number of allylic oxidation sites excluding steroid dienone is 8. The Labute approximate surface area is 341 Å². The van der Waals surface area contributed by atoms with Gasteiger partial charge in [-0.2, -0.15) is 0 Å². The molecular weight excluding hydrogens is 727 g/mol. The summed E-state index contributed by atoms with van der Waals surface area (Å²) in [7, 11) is 0. The molecule has 0 atom stereocenters. The predicted octanol–water partition coefficient (Wildman–Crippen LogP) is 13.9. The molecule has 0 fully saturated rings. The molecule has 0 spiro atoms. The Morgan fingerprint density at radius 3 is 2.21 bits per heavy atom. The maximum Gasteiger partial charge on any atom is 0.172 e. The summed E-state index contributed by atoms with van der Waals surface area (Å²) in [5.41, 5.74) is 20.5. The van der Waals surface area contributed by atoms with Crippen LogP contribution in [0.4, 0.5) is 0 Å². The first-order valence-corrected chi connectivity index (χ1v) is 20.2. The number of para-hydroxylation sites is 1. The first kappa shape index (κ1) is 35.2. The van der Waals surface area contributed by atoms with Crippen molar-refractivity contribution in [2.24, 2.45) is 0 Å². The number of hydrogen-bond acceptors (Lipinski definition) is 5. The third kappa shape index (κ3) is 6.50. The molecule has 10 rings (SSSR count). The van der Waals surface area contributed by atoms with Crippen molar-refractivity contribution in [3.05, 3.63) is 211 Å². The average Bonchev–Trinajstić information content (AvgIpc) is 3.68. The third-order valence-corrected chi connectivity index (χ3v) is 11.7. The summed E-state index contributed by atoms with van der Waals surface area (Å²) in [6.45, 7) is 6.64. The Morgan fingerprint density at radius 2 is 1.38 bits per heavy atom. The van der Waals surface area contributed by atoms with Crippen LogP contribution in [0.1, 0.15) is 24.1 Å². The van der Waals surface area contributed by atoms with Crippen LogP contribution in [-0.4, -0.2) is 20.7 Å². The summed E-state index contributed by atoms with van der Waals surface area (Å²) in [5, 5.41) is 2.17. The second kappa shape index (κ2) is 15.0.